The average molecular weight is 278 g/mol. The lowest BCUT2D eigenvalue weighted by Gasteiger charge is -2.31. The fraction of sp³-hybridized carbons (Fsp3) is 1.00. The highest BCUT2D eigenvalue weighted by atomic mass is 19.3. The van der Waals surface area contributed by atoms with Gasteiger partial charge in [0.05, 0.1) is 0 Å². The van der Waals surface area contributed by atoms with E-state index < -0.39 is 37.0 Å². The Morgan fingerprint density at radius 1 is 0.824 bits per heavy atom. The molecule has 0 saturated heterocycles. The Morgan fingerprint density at radius 3 is 1.53 bits per heavy atom. The van der Waals surface area contributed by atoms with Crippen LogP contribution in [0.25, 0.3) is 0 Å². The maximum atomic E-state index is 12.6. The van der Waals surface area contributed by atoms with Crippen LogP contribution in [-0.2, 0) is 4.74 Å². The van der Waals surface area contributed by atoms with Gasteiger partial charge in [-0.2, -0.15) is 17.6 Å². The van der Waals surface area contributed by atoms with Gasteiger partial charge < -0.3 is 4.74 Å². The average Bonchev–Trinajstić information content (AvgIpc) is 2.24. The Morgan fingerprint density at radius 2 is 1.24 bits per heavy atom. The minimum absolute atomic E-state index is 0.266. The summed E-state index contributed by atoms with van der Waals surface area (Å²) in [6.45, 7) is 0. The highest BCUT2D eigenvalue weighted by Crippen LogP contribution is 2.44. The second-order valence-corrected chi connectivity index (χ2v) is 2.98. The normalized spacial score (nSPS) is 19.2. The Labute approximate surface area is 89.5 Å². The van der Waals surface area contributed by atoms with Crippen molar-refractivity contribution < 1.29 is 44.3 Å². The molecule has 0 fully saturated rings. The topological polar surface area (TPSA) is 9.23 Å². The van der Waals surface area contributed by atoms with Crippen molar-refractivity contribution in [3.8, 4) is 0 Å². The maximum absolute atomic E-state index is 12.6. The van der Waals surface area contributed by atoms with Gasteiger partial charge in [0.1, 0.15) is 0 Å². The molecule has 17 heavy (non-hydrogen) atoms. The van der Waals surface area contributed by atoms with Crippen molar-refractivity contribution in [1.82, 2.24) is 0 Å². The third-order valence-corrected chi connectivity index (χ3v) is 1.80. The molecule has 0 aromatic rings. The molecule has 3 unspecified atom stereocenters. The minimum Gasteiger partial charge on any atom is -0.347 e. The number of halogens is 9. The number of ether oxygens (including phenoxy) is 1. The molecule has 0 spiro atoms. The predicted octanol–water partition coefficient (Wildman–Crippen LogP) is 3.14. The van der Waals surface area contributed by atoms with E-state index in [1.165, 1.54) is 0 Å². The van der Waals surface area contributed by atoms with E-state index in [1.807, 2.05) is 0 Å². The molecule has 0 aliphatic carbocycles. The summed E-state index contributed by atoms with van der Waals surface area (Å²) in [5.41, 5.74) is 0. The summed E-state index contributed by atoms with van der Waals surface area (Å²) in [6.07, 6.45) is -16.9. The van der Waals surface area contributed by atoms with E-state index in [-0.39, 0.29) is 7.11 Å². The van der Waals surface area contributed by atoms with Gasteiger partial charge in [0.15, 0.2) is 6.17 Å². The molecule has 0 aliphatic rings. The molecular formula is C7H7F9O. The summed E-state index contributed by atoms with van der Waals surface area (Å²) in [5.74, 6) is -11.8. The van der Waals surface area contributed by atoms with Gasteiger partial charge in [-0.15, -0.1) is 0 Å². The first kappa shape index (κ1) is 16.3. The Kier molecular flexibility index (Phi) is 5.11. The van der Waals surface area contributed by atoms with Crippen LogP contribution in [0.15, 0.2) is 0 Å². The van der Waals surface area contributed by atoms with Gasteiger partial charge in [-0.1, -0.05) is 0 Å². The number of hydrogen-bond donors (Lipinski definition) is 0. The molecule has 0 amide bonds. The van der Waals surface area contributed by atoms with Gasteiger partial charge in [-0.25, -0.2) is 22.0 Å². The molecule has 10 heteroatoms. The van der Waals surface area contributed by atoms with Crippen LogP contribution >= 0.6 is 0 Å². The van der Waals surface area contributed by atoms with Crippen molar-refractivity contribution >= 4 is 0 Å². The van der Waals surface area contributed by atoms with E-state index in [9.17, 15) is 39.5 Å². The fourth-order valence-corrected chi connectivity index (χ4v) is 0.811. The first-order valence-corrected chi connectivity index (χ1v) is 3.98. The van der Waals surface area contributed by atoms with Gasteiger partial charge in [0, 0.05) is 7.11 Å². The molecule has 0 aromatic carbocycles. The highest BCUT2D eigenvalue weighted by molar-refractivity contribution is 4.96. The zero-order chi connectivity index (χ0) is 14.0. The molecule has 0 aromatic heterocycles. The predicted molar refractivity (Wildman–Crippen MR) is 37.6 cm³/mol. The lowest BCUT2D eigenvalue weighted by Crippen LogP contribution is -2.57. The monoisotopic (exact) mass is 278 g/mol. The fourth-order valence-electron chi connectivity index (χ4n) is 0.811. The second-order valence-electron chi connectivity index (χ2n) is 2.98. The molecule has 0 heterocycles. The molecule has 0 aliphatic heterocycles. The van der Waals surface area contributed by atoms with Crippen LogP contribution in [0.2, 0.25) is 0 Å². The minimum atomic E-state index is -5.97. The van der Waals surface area contributed by atoms with Crippen LogP contribution in [0.4, 0.5) is 39.5 Å². The van der Waals surface area contributed by atoms with Crippen molar-refractivity contribution in [3.05, 3.63) is 0 Å². The van der Waals surface area contributed by atoms with Crippen LogP contribution < -0.4 is 0 Å². The lowest BCUT2D eigenvalue weighted by atomic mass is 10.0. The van der Waals surface area contributed by atoms with Gasteiger partial charge in [0.2, 0.25) is 6.17 Å². The molecular weight excluding hydrogens is 271 g/mol. The smallest absolute Gasteiger partial charge is 0.347 e. The van der Waals surface area contributed by atoms with Crippen LogP contribution in [0.5, 0.6) is 0 Å². The Bertz CT molecular complexity index is 243. The summed E-state index contributed by atoms with van der Waals surface area (Å²) >= 11 is 0. The van der Waals surface area contributed by atoms with Crippen molar-refractivity contribution in [3.63, 3.8) is 0 Å². The van der Waals surface area contributed by atoms with Crippen molar-refractivity contribution in [2.24, 2.45) is 0 Å². The van der Waals surface area contributed by atoms with Gasteiger partial charge in [-0.3, -0.25) is 0 Å². The third kappa shape index (κ3) is 2.96. The second kappa shape index (κ2) is 5.32. The van der Waals surface area contributed by atoms with E-state index in [4.69, 9.17) is 0 Å². The zero-order valence-corrected chi connectivity index (χ0v) is 8.12. The van der Waals surface area contributed by atoms with Crippen molar-refractivity contribution in [2.45, 2.75) is 37.0 Å². The van der Waals surface area contributed by atoms with Crippen LogP contribution in [0.3, 0.4) is 0 Å². The van der Waals surface area contributed by atoms with Crippen LogP contribution in [-0.4, -0.2) is 44.1 Å². The number of alkyl halides is 9. The zero-order valence-electron chi connectivity index (χ0n) is 8.12. The summed E-state index contributed by atoms with van der Waals surface area (Å²) in [4.78, 5) is 0. The van der Waals surface area contributed by atoms with Crippen LogP contribution in [0, 0.1) is 0 Å². The molecule has 0 saturated carbocycles. The SMILES string of the molecule is COC(F)C(F)(F)C(F)(F)C(F)C(F)C(F)F. The van der Waals surface area contributed by atoms with Crippen LogP contribution in [0.1, 0.15) is 0 Å². The van der Waals surface area contributed by atoms with E-state index in [1.54, 1.807) is 0 Å². The molecule has 0 rings (SSSR count). The summed E-state index contributed by atoms with van der Waals surface area (Å²) in [7, 11) is 0.266. The quantitative estimate of drug-likeness (QED) is 0.678. The lowest BCUT2D eigenvalue weighted by molar-refractivity contribution is -0.313. The molecule has 3 atom stereocenters. The number of hydrogen-bond acceptors (Lipinski definition) is 1. The number of rotatable bonds is 6. The summed E-state index contributed by atoms with van der Waals surface area (Å²) in [6, 6.07) is 0. The first-order chi connectivity index (χ1) is 7.50. The van der Waals surface area contributed by atoms with E-state index in [0.29, 0.717) is 0 Å². The maximum Gasteiger partial charge on any atom is 0.367 e. The number of methoxy groups -OCH3 is 1. The Hall–Kier alpha value is -0.670. The van der Waals surface area contributed by atoms with Crippen molar-refractivity contribution in [2.75, 3.05) is 7.11 Å². The molecule has 1 nitrogen and oxygen atoms in total. The first-order valence-electron chi connectivity index (χ1n) is 3.98. The molecule has 104 valence electrons. The van der Waals surface area contributed by atoms with E-state index >= 15 is 0 Å². The van der Waals surface area contributed by atoms with Gasteiger partial charge >= 0.3 is 11.8 Å². The molecule has 0 radical (unpaired) electrons. The largest absolute Gasteiger partial charge is 0.367 e. The molecule has 0 N–H and O–H groups in total. The third-order valence-electron chi connectivity index (χ3n) is 1.80. The standard InChI is InChI=1S/C7H7F9O/c1-17-5(12)7(15,16)6(13,14)3(9)2(8)4(10)11/h2-5H,1H3. The van der Waals surface area contributed by atoms with Gasteiger partial charge in [0.25, 0.3) is 12.8 Å². The van der Waals surface area contributed by atoms with E-state index in [0.717, 1.165) is 0 Å². The molecule has 0 bridgehead atoms. The van der Waals surface area contributed by atoms with E-state index in [2.05, 4.69) is 4.74 Å². The highest BCUT2D eigenvalue weighted by Gasteiger charge is 2.69. The summed E-state index contributed by atoms with van der Waals surface area (Å²) in [5, 5.41) is 0. The van der Waals surface area contributed by atoms with Crippen molar-refractivity contribution in [1.29, 1.82) is 0 Å². The Balaban J connectivity index is 5.11. The summed E-state index contributed by atoms with van der Waals surface area (Å²) < 4.78 is 114. The van der Waals surface area contributed by atoms with Gasteiger partial charge in [-0.05, 0) is 0 Å².